The van der Waals surface area contributed by atoms with Gasteiger partial charge in [-0.1, -0.05) is 12.1 Å². The number of fused-ring (bicyclic) bond motifs is 1. The molecule has 2 unspecified atom stereocenters. The zero-order chi connectivity index (χ0) is 21.4. The van der Waals surface area contributed by atoms with E-state index < -0.39 is 5.69 Å². The summed E-state index contributed by atoms with van der Waals surface area (Å²) in [4.78, 5) is 33.2. The average molecular weight is 460 g/mol. The number of anilines is 1. The van der Waals surface area contributed by atoms with E-state index in [9.17, 15) is 9.59 Å². The summed E-state index contributed by atoms with van der Waals surface area (Å²) in [6.45, 7) is 6.04. The third kappa shape index (κ3) is 4.80. The second-order valence-electron chi connectivity index (χ2n) is 8.72. The standard InChI is InChI=1S/C22H29N7O2.ClH/c23-20-17-13-27(14-18(17)20)8-4-15-2-1-3-16(12-15)29-9-5-19(26-22(29)31)25-21(30)28-10-6-24-7-11-28;/h1-3,5,9,12,17-18,20,24H,4,6-8,10-11,13-14,23H2,(H,25,26,30,31);1H. The Morgan fingerprint density at radius 3 is 2.66 bits per heavy atom. The molecule has 2 amide bonds. The van der Waals surface area contributed by atoms with E-state index in [1.807, 2.05) is 18.2 Å². The molecule has 0 bridgehead atoms. The molecule has 4 N–H and O–H groups in total. The van der Waals surface area contributed by atoms with E-state index in [0.29, 0.717) is 31.0 Å². The highest BCUT2D eigenvalue weighted by Gasteiger charge is 2.53. The van der Waals surface area contributed by atoms with E-state index in [0.717, 1.165) is 44.8 Å². The smallest absolute Gasteiger partial charge is 0.327 e. The molecule has 1 aliphatic carbocycles. The van der Waals surface area contributed by atoms with E-state index >= 15 is 0 Å². The van der Waals surface area contributed by atoms with Crippen LogP contribution in [0.25, 0.3) is 5.69 Å². The number of piperidine rings is 1. The van der Waals surface area contributed by atoms with E-state index in [1.54, 1.807) is 17.2 Å². The Hall–Kier alpha value is -2.46. The van der Waals surface area contributed by atoms with Crippen LogP contribution in [0.3, 0.4) is 0 Å². The van der Waals surface area contributed by atoms with Gasteiger partial charge in [-0.05, 0) is 42.0 Å². The fourth-order valence-corrected chi connectivity index (χ4v) is 4.72. The van der Waals surface area contributed by atoms with Gasteiger partial charge >= 0.3 is 11.7 Å². The Balaban J connectivity index is 0.00000245. The summed E-state index contributed by atoms with van der Waals surface area (Å²) in [5.74, 6) is 1.66. The van der Waals surface area contributed by atoms with Gasteiger partial charge in [-0.15, -0.1) is 12.4 Å². The van der Waals surface area contributed by atoms with Crippen molar-refractivity contribution in [2.45, 2.75) is 12.5 Å². The SMILES string of the molecule is Cl.NC1C2CN(CCc3cccc(-n4ccc(NC(=O)N5CCNCC5)nc4=O)c3)CC12. The molecule has 1 saturated carbocycles. The summed E-state index contributed by atoms with van der Waals surface area (Å²) in [7, 11) is 0. The quantitative estimate of drug-likeness (QED) is 0.601. The summed E-state index contributed by atoms with van der Waals surface area (Å²) in [5, 5.41) is 5.93. The number of halogens is 1. The summed E-state index contributed by atoms with van der Waals surface area (Å²) >= 11 is 0. The van der Waals surface area contributed by atoms with Gasteiger partial charge in [0, 0.05) is 58.1 Å². The van der Waals surface area contributed by atoms with E-state index in [-0.39, 0.29) is 24.3 Å². The molecule has 10 heteroatoms. The molecular formula is C22H30ClN7O2. The van der Waals surface area contributed by atoms with Crippen molar-refractivity contribution in [1.29, 1.82) is 0 Å². The number of carbonyl (C=O) groups excluding carboxylic acids is 1. The van der Waals surface area contributed by atoms with Crippen molar-refractivity contribution in [1.82, 2.24) is 24.7 Å². The van der Waals surface area contributed by atoms with Crippen LogP contribution < -0.4 is 22.1 Å². The normalized spacial score (nSPS) is 24.5. The molecular weight excluding hydrogens is 430 g/mol. The number of rotatable bonds is 5. The highest BCUT2D eigenvalue weighted by atomic mass is 35.5. The molecule has 3 fully saturated rings. The Bertz CT molecular complexity index is 1010. The van der Waals surface area contributed by atoms with Crippen molar-refractivity contribution < 1.29 is 4.79 Å². The molecule has 0 spiro atoms. The topological polar surface area (TPSA) is 109 Å². The largest absolute Gasteiger partial charge is 0.354 e. The number of benzene rings is 1. The Labute approximate surface area is 193 Å². The molecule has 2 saturated heterocycles. The van der Waals surface area contributed by atoms with Crippen molar-refractivity contribution >= 4 is 24.3 Å². The van der Waals surface area contributed by atoms with Crippen molar-refractivity contribution in [2.75, 3.05) is 51.1 Å². The minimum atomic E-state index is -0.413. The van der Waals surface area contributed by atoms with Crippen molar-refractivity contribution in [3.8, 4) is 5.69 Å². The Morgan fingerprint density at radius 2 is 1.94 bits per heavy atom. The number of piperazine rings is 1. The van der Waals surface area contributed by atoms with Gasteiger partial charge in [-0.2, -0.15) is 4.98 Å². The van der Waals surface area contributed by atoms with Gasteiger partial charge in [0.1, 0.15) is 5.82 Å². The first-order chi connectivity index (χ1) is 15.1. The Morgan fingerprint density at radius 1 is 1.19 bits per heavy atom. The fourth-order valence-electron chi connectivity index (χ4n) is 4.72. The fraction of sp³-hybridized carbons (Fsp3) is 0.500. The maximum Gasteiger partial charge on any atom is 0.354 e. The molecule has 0 radical (unpaired) electrons. The highest BCUT2D eigenvalue weighted by Crippen LogP contribution is 2.43. The van der Waals surface area contributed by atoms with Crippen LogP contribution in [0.15, 0.2) is 41.3 Å². The van der Waals surface area contributed by atoms with Gasteiger partial charge in [0.15, 0.2) is 0 Å². The molecule has 1 aromatic heterocycles. The van der Waals surface area contributed by atoms with E-state index in [1.165, 1.54) is 10.1 Å². The van der Waals surface area contributed by atoms with Crippen LogP contribution in [0.1, 0.15) is 5.56 Å². The van der Waals surface area contributed by atoms with Crippen LogP contribution >= 0.6 is 12.4 Å². The first kappa shape index (κ1) is 22.7. The monoisotopic (exact) mass is 459 g/mol. The summed E-state index contributed by atoms with van der Waals surface area (Å²) < 4.78 is 1.51. The van der Waals surface area contributed by atoms with E-state index in [2.05, 4.69) is 26.6 Å². The average Bonchev–Trinajstić information content (AvgIpc) is 3.19. The summed E-state index contributed by atoms with van der Waals surface area (Å²) in [5.41, 5.74) is 7.57. The van der Waals surface area contributed by atoms with E-state index in [4.69, 9.17) is 5.73 Å². The molecule has 2 atom stereocenters. The van der Waals surface area contributed by atoms with Crippen molar-refractivity contribution in [3.05, 3.63) is 52.6 Å². The number of hydrogen-bond donors (Lipinski definition) is 3. The minimum Gasteiger partial charge on any atom is -0.327 e. The lowest BCUT2D eigenvalue weighted by atomic mass is 10.1. The van der Waals surface area contributed by atoms with Gasteiger partial charge in [-0.25, -0.2) is 9.59 Å². The van der Waals surface area contributed by atoms with Crippen LogP contribution in [0.2, 0.25) is 0 Å². The lowest BCUT2D eigenvalue weighted by Crippen LogP contribution is -2.48. The number of nitrogens with two attached hydrogens (primary N) is 1. The number of likely N-dealkylation sites (tertiary alicyclic amines) is 1. The summed E-state index contributed by atoms with van der Waals surface area (Å²) in [6, 6.07) is 9.84. The van der Waals surface area contributed by atoms with Gasteiger partial charge in [-0.3, -0.25) is 9.88 Å². The van der Waals surface area contributed by atoms with Gasteiger partial charge in [0.2, 0.25) is 0 Å². The van der Waals surface area contributed by atoms with Crippen LogP contribution in [0.4, 0.5) is 10.6 Å². The molecule has 172 valence electrons. The number of carbonyl (C=O) groups is 1. The number of nitrogens with one attached hydrogen (secondary N) is 2. The number of nitrogens with zero attached hydrogens (tertiary/aromatic N) is 4. The van der Waals surface area contributed by atoms with Crippen LogP contribution in [0.5, 0.6) is 0 Å². The molecule has 3 heterocycles. The van der Waals surface area contributed by atoms with Gasteiger partial charge in [0.25, 0.3) is 0 Å². The van der Waals surface area contributed by atoms with Crippen LogP contribution in [-0.2, 0) is 6.42 Å². The number of aromatic nitrogens is 2. The predicted molar refractivity (Wildman–Crippen MR) is 126 cm³/mol. The van der Waals surface area contributed by atoms with Crippen LogP contribution in [-0.4, -0.2) is 77.2 Å². The van der Waals surface area contributed by atoms with Gasteiger partial charge in [0.05, 0.1) is 5.69 Å². The summed E-state index contributed by atoms with van der Waals surface area (Å²) in [6.07, 6.45) is 2.60. The lowest BCUT2D eigenvalue weighted by Gasteiger charge is -2.27. The first-order valence-electron chi connectivity index (χ1n) is 11.0. The maximum absolute atomic E-state index is 12.6. The number of hydrogen-bond acceptors (Lipinski definition) is 6. The zero-order valence-electron chi connectivity index (χ0n) is 17.9. The number of amides is 2. The molecule has 9 nitrogen and oxygen atoms in total. The minimum absolute atomic E-state index is 0. The highest BCUT2D eigenvalue weighted by molar-refractivity contribution is 5.88. The Kier molecular flexibility index (Phi) is 6.80. The third-order valence-electron chi connectivity index (χ3n) is 6.68. The predicted octanol–water partition coefficient (Wildman–Crippen LogP) is 0.523. The van der Waals surface area contributed by atoms with Crippen LogP contribution in [0, 0.1) is 11.8 Å². The zero-order valence-corrected chi connectivity index (χ0v) is 18.8. The molecule has 1 aromatic carbocycles. The maximum atomic E-state index is 12.6. The molecule has 5 rings (SSSR count). The molecule has 2 aliphatic heterocycles. The second-order valence-corrected chi connectivity index (χ2v) is 8.72. The molecule has 2 aromatic rings. The second kappa shape index (κ2) is 9.58. The van der Waals surface area contributed by atoms with Gasteiger partial charge < -0.3 is 20.9 Å². The molecule has 32 heavy (non-hydrogen) atoms. The van der Waals surface area contributed by atoms with Crippen molar-refractivity contribution in [2.24, 2.45) is 17.6 Å². The lowest BCUT2D eigenvalue weighted by molar-refractivity contribution is 0.204. The third-order valence-corrected chi connectivity index (χ3v) is 6.68. The number of urea groups is 1. The first-order valence-corrected chi connectivity index (χ1v) is 11.0. The molecule has 3 aliphatic rings. The van der Waals surface area contributed by atoms with Crippen molar-refractivity contribution in [3.63, 3.8) is 0 Å².